The van der Waals surface area contributed by atoms with Crippen LogP contribution in [0.4, 0.5) is 4.39 Å². The number of rotatable bonds is 6. The Morgan fingerprint density at radius 3 is 2.60 bits per heavy atom. The maximum Gasteiger partial charge on any atom is 0.267 e. The van der Waals surface area contributed by atoms with Crippen LogP contribution in [0, 0.1) is 19.7 Å². The van der Waals surface area contributed by atoms with Gasteiger partial charge in [0, 0.05) is 36.7 Å². The molecule has 1 aromatic heterocycles. The molecule has 1 unspecified atom stereocenters. The normalized spacial score (nSPS) is 16.3. The predicted octanol–water partition coefficient (Wildman–Crippen LogP) is 4.85. The van der Waals surface area contributed by atoms with Crippen molar-refractivity contribution in [3.05, 3.63) is 75.1 Å². The molecule has 1 N–H and O–H groups in total. The minimum atomic E-state index is -0.580. The third-order valence-corrected chi connectivity index (χ3v) is 5.84. The van der Waals surface area contributed by atoms with Crippen LogP contribution in [0.15, 0.2) is 41.2 Å². The first kappa shape index (κ1) is 24.8. The van der Waals surface area contributed by atoms with Crippen molar-refractivity contribution in [3.63, 3.8) is 0 Å². The number of aromatic nitrogens is 2. The second-order valence-electron chi connectivity index (χ2n) is 9.22. The van der Waals surface area contributed by atoms with Gasteiger partial charge in [0.25, 0.3) is 11.5 Å². The fourth-order valence-electron chi connectivity index (χ4n) is 4.21. The number of aryl methyl sites for hydroxylation is 2. The SMILES string of the molecule is Cc1cc(C)cc(-n2c(C(C)C)nc3cc(F)c(/C=C/C(=O)NOC4CCCCO4)cc3c2=O)c1. The van der Waals surface area contributed by atoms with Crippen LogP contribution in [-0.4, -0.2) is 28.4 Å². The van der Waals surface area contributed by atoms with E-state index in [0.29, 0.717) is 24.5 Å². The molecule has 184 valence electrons. The number of amides is 1. The first-order valence-corrected chi connectivity index (χ1v) is 11.8. The molecule has 0 spiro atoms. The molecular weight excluding hydrogens is 449 g/mol. The lowest BCUT2D eigenvalue weighted by atomic mass is 10.1. The van der Waals surface area contributed by atoms with Crippen molar-refractivity contribution in [1.29, 1.82) is 0 Å². The summed E-state index contributed by atoms with van der Waals surface area (Å²) in [6, 6.07) is 8.55. The topological polar surface area (TPSA) is 82.5 Å². The zero-order valence-electron chi connectivity index (χ0n) is 20.4. The monoisotopic (exact) mass is 479 g/mol. The molecule has 1 saturated heterocycles. The zero-order valence-corrected chi connectivity index (χ0v) is 20.4. The summed E-state index contributed by atoms with van der Waals surface area (Å²) in [6.45, 7) is 8.42. The van der Waals surface area contributed by atoms with Gasteiger partial charge in [0.05, 0.1) is 16.6 Å². The highest BCUT2D eigenvalue weighted by Crippen LogP contribution is 2.23. The number of benzene rings is 2. The van der Waals surface area contributed by atoms with Gasteiger partial charge in [-0.1, -0.05) is 19.9 Å². The van der Waals surface area contributed by atoms with E-state index in [-0.39, 0.29) is 27.9 Å². The lowest BCUT2D eigenvalue weighted by molar-refractivity contribution is -0.198. The number of halogens is 1. The van der Waals surface area contributed by atoms with Gasteiger partial charge >= 0.3 is 0 Å². The Bertz CT molecular complexity index is 1320. The minimum Gasteiger partial charge on any atom is -0.350 e. The molecule has 3 aromatic rings. The molecule has 2 aromatic carbocycles. The Morgan fingerprint density at radius 2 is 1.94 bits per heavy atom. The van der Waals surface area contributed by atoms with Crippen molar-refractivity contribution in [1.82, 2.24) is 15.0 Å². The van der Waals surface area contributed by atoms with Crippen LogP contribution in [-0.2, 0) is 14.4 Å². The van der Waals surface area contributed by atoms with Crippen LogP contribution < -0.4 is 11.0 Å². The van der Waals surface area contributed by atoms with E-state index in [0.717, 1.165) is 30.0 Å². The molecule has 4 rings (SSSR count). The van der Waals surface area contributed by atoms with Crippen molar-refractivity contribution in [2.45, 2.75) is 59.2 Å². The van der Waals surface area contributed by atoms with E-state index in [1.165, 1.54) is 18.2 Å². The van der Waals surface area contributed by atoms with Gasteiger partial charge in [-0.25, -0.2) is 19.7 Å². The summed E-state index contributed by atoms with van der Waals surface area (Å²) in [7, 11) is 0. The van der Waals surface area contributed by atoms with Crippen LogP contribution in [0.3, 0.4) is 0 Å². The summed E-state index contributed by atoms with van der Waals surface area (Å²) in [5.41, 5.74) is 5.15. The summed E-state index contributed by atoms with van der Waals surface area (Å²) in [5.74, 6) is -0.646. The quantitative estimate of drug-likeness (QED) is 0.404. The molecular formula is C27H30FN3O4. The van der Waals surface area contributed by atoms with Gasteiger partial charge in [-0.3, -0.25) is 14.2 Å². The minimum absolute atomic E-state index is 0.0626. The Kier molecular flexibility index (Phi) is 7.42. The average molecular weight is 480 g/mol. The van der Waals surface area contributed by atoms with Crippen LogP contribution in [0.1, 0.15) is 61.5 Å². The smallest absolute Gasteiger partial charge is 0.267 e. The number of carbonyl (C=O) groups is 1. The molecule has 0 radical (unpaired) electrons. The van der Waals surface area contributed by atoms with E-state index >= 15 is 0 Å². The highest BCUT2D eigenvalue weighted by molar-refractivity contribution is 5.92. The number of nitrogens with zero attached hydrogens (tertiary/aromatic N) is 2. The fourth-order valence-corrected chi connectivity index (χ4v) is 4.21. The largest absolute Gasteiger partial charge is 0.350 e. The van der Waals surface area contributed by atoms with E-state index < -0.39 is 18.0 Å². The van der Waals surface area contributed by atoms with Crippen LogP contribution in [0.2, 0.25) is 0 Å². The molecule has 1 aliphatic rings. The number of nitrogens with one attached hydrogen (secondary N) is 1. The number of carbonyl (C=O) groups excluding carboxylic acids is 1. The molecule has 1 aliphatic heterocycles. The number of fused-ring (bicyclic) bond motifs is 1. The lowest BCUT2D eigenvalue weighted by Crippen LogP contribution is -2.32. The summed E-state index contributed by atoms with van der Waals surface area (Å²) < 4.78 is 21.8. The molecule has 2 heterocycles. The van der Waals surface area contributed by atoms with Gasteiger partial charge in [-0.2, -0.15) is 0 Å². The average Bonchev–Trinajstić information content (AvgIpc) is 2.81. The van der Waals surface area contributed by atoms with E-state index in [2.05, 4.69) is 10.5 Å². The first-order valence-electron chi connectivity index (χ1n) is 11.8. The Balaban J connectivity index is 1.69. The number of hydrogen-bond donors (Lipinski definition) is 1. The molecule has 8 heteroatoms. The second-order valence-corrected chi connectivity index (χ2v) is 9.22. The summed E-state index contributed by atoms with van der Waals surface area (Å²) in [4.78, 5) is 35.6. The third kappa shape index (κ3) is 5.66. The van der Waals surface area contributed by atoms with Crippen LogP contribution >= 0.6 is 0 Å². The lowest BCUT2D eigenvalue weighted by Gasteiger charge is -2.21. The maximum absolute atomic E-state index is 14.9. The number of hydroxylamine groups is 1. The fraction of sp³-hybridized carbons (Fsp3) is 0.370. The molecule has 7 nitrogen and oxygen atoms in total. The maximum atomic E-state index is 14.9. The van der Waals surface area contributed by atoms with Crippen LogP contribution in [0.5, 0.6) is 0 Å². The molecule has 1 amide bonds. The molecule has 1 fully saturated rings. The molecule has 1 atom stereocenters. The van der Waals surface area contributed by atoms with E-state index in [9.17, 15) is 14.0 Å². The van der Waals surface area contributed by atoms with Crippen molar-refractivity contribution in [2.24, 2.45) is 0 Å². The van der Waals surface area contributed by atoms with E-state index in [1.54, 1.807) is 4.57 Å². The van der Waals surface area contributed by atoms with Gasteiger partial charge in [0.2, 0.25) is 0 Å². The summed E-state index contributed by atoms with van der Waals surface area (Å²) in [6.07, 6.45) is 4.61. The Labute approximate surface area is 203 Å². The standard InChI is InChI=1S/C27H30FN3O4/c1-16(2)26-29-23-15-22(28)19(8-9-24(32)30-35-25-7-5-6-10-34-25)14-21(23)27(33)31(26)20-12-17(3)11-18(4)13-20/h8-9,11-16,25H,5-7,10H2,1-4H3,(H,30,32)/b9-8+. The number of ether oxygens (including phenoxy) is 1. The highest BCUT2D eigenvalue weighted by atomic mass is 19.1. The molecule has 0 saturated carbocycles. The molecule has 0 aliphatic carbocycles. The zero-order chi connectivity index (χ0) is 25.1. The van der Waals surface area contributed by atoms with Gasteiger partial charge in [-0.15, -0.1) is 0 Å². The van der Waals surface area contributed by atoms with Crippen molar-refractivity contribution < 1.29 is 18.8 Å². The van der Waals surface area contributed by atoms with Gasteiger partial charge in [0.1, 0.15) is 11.6 Å². The number of hydrogen-bond acceptors (Lipinski definition) is 5. The first-order chi connectivity index (χ1) is 16.7. The van der Waals surface area contributed by atoms with E-state index in [1.807, 2.05) is 45.9 Å². The molecule has 0 bridgehead atoms. The third-order valence-electron chi connectivity index (χ3n) is 5.84. The van der Waals surface area contributed by atoms with Crippen LogP contribution in [0.25, 0.3) is 22.7 Å². The second kappa shape index (κ2) is 10.5. The van der Waals surface area contributed by atoms with E-state index in [4.69, 9.17) is 9.57 Å². The van der Waals surface area contributed by atoms with Gasteiger partial charge < -0.3 is 4.74 Å². The molecule has 35 heavy (non-hydrogen) atoms. The summed E-state index contributed by atoms with van der Waals surface area (Å²) in [5, 5.41) is 0.266. The Morgan fingerprint density at radius 1 is 1.20 bits per heavy atom. The van der Waals surface area contributed by atoms with Crippen molar-refractivity contribution in [2.75, 3.05) is 6.61 Å². The van der Waals surface area contributed by atoms with Crippen molar-refractivity contribution in [3.8, 4) is 5.69 Å². The van der Waals surface area contributed by atoms with Gasteiger partial charge in [0.15, 0.2) is 6.29 Å². The van der Waals surface area contributed by atoms with Crippen molar-refractivity contribution >= 4 is 22.9 Å². The highest BCUT2D eigenvalue weighted by Gasteiger charge is 2.18. The predicted molar refractivity (Wildman–Crippen MR) is 133 cm³/mol. The van der Waals surface area contributed by atoms with Gasteiger partial charge in [-0.05, 0) is 62.1 Å². The summed E-state index contributed by atoms with van der Waals surface area (Å²) >= 11 is 0. The Hall–Kier alpha value is -3.36.